The van der Waals surface area contributed by atoms with Gasteiger partial charge in [0.15, 0.2) is 0 Å². The third kappa shape index (κ3) is 4.87. The Bertz CT molecular complexity index is 743. The standard InChI is InChI=1S/C18H25N3O6/c1-12-11-19(17(23)27-18(2,3)4)8-9-20(12)14-7-6-13(16(22)26-5)10-15(14)21(24)25/h6-7,10,12H,8-9,11H2,1-5H3. The lowest BCUT2D eigenvalue weighted by Gasteiger charge is -2.41. The third-order valence-electron chi connectivity index (χ3n) is 4.18. The number of carbonyl (C=O) groups is 2. The maximum atomic E-state index is 12.3. The second kappa shape index (κ2) is 7.81. The highest BCUT2D eigenvalue weighted by molar-refractivity contribution is 5.91. The summed E-state index contributed by atoms with van der Waals surface area (Å²) in [7, 11) is 1.22. The van der Waals surface area contributed by atoms with Crippen molar-refractivity contribution in [3.8, 4) is 0 Å². The van der Waals surface area contributed by atoms with Crippen molar-refractivity contribution in [2.45, 2.75) is 39.3 Å². The number of hydrogen-bond donors (Lipinski definition) is 0. The Morgan fingerprint density at radius 1 is 1.26 bits per heavy atom. The molecule has 1 heterocycles. The number of ether oxygens (including phenoxy) is 2. The number of methoxy groups -OCH3 is 1. The molecule has 1 amide bonds. The van der Waals surface area contributed by atoms with Gasteiger partial charge in [-0.3, -0.25) is 10.1 Å². The van der Waals surface area contributed by atoms with Crippen LogP contribution >= 0.6 is 0 Å². The molecule has 9 nitrogen and oxygen atoms in total. The number of nitro benzene ring substituents is 1. The molecule has 27 heavy (non-hydrogen) atoms. The fraction of sp³-hybridized carbons (Fsp3) is 0.556. The number of benzene rings is 1. The molecule has 1 atom stereocenters. The lowest BCUT2D eigenvalue weighted by molar-refractivity contribution is -0.384. The molecule has 0 aliphatic carbocycles. The van der Waals surface area contributed by atoms with Crippen LogP contribution in [0.25, 0.3) is 0 Å². The van der Waals surface area contributed by atoms with E-state index in [4.69, 9.17) is 4.74 Å². The van der Waals surface area contributed by atoms with Crippen molar-refractivity contribution in [2.24, 2.45) is 0 Å². The van der Waals surface area contributed by atoms with Gasteiger partial charge in [0.05, 0.1) is 17.6 Å². The van der Waals surface area contributed by atoms with Crippen molar-refractivity contribution in [2.75, 3.05) is 31.6 Å². The normalized spacial score (nSPS) is 17.4. The molecule has 0 aromatic heterocycles. The van der Waals surface area contributed by atoms with Crippen molar-refractivity contribution in [3.63, 3.8) is 0 Å². The summed E-state index contributed by atoms with van der Waals surface area (Å²) >= 11 is 0. The van der Waals surface area contributed by atoms with E-state index in [0.717, 1.165) is 0 Å². The molecular weight excluding hydrogens is 354 g/mol. The van der Waals surface area contributed by atoms with Crippen molar-refractivity contribution in [3.05, 3.63) is 33.9 Å². The van der Waals surface area contributed by atoms with Crippen LogP contribution in [0.5, 0.6) is 0 Å². The lowest BCUT2D eigenvalue weighted by Crippen LogP contribution is -2.54. The highest BCUT2D eigenvalue weighted by Crippen LogP contribution is 2.32. The summed E-state index contributed by atoms with van der Waals surface area (Å²) in [6, 6.07) is 4.10. The zero-order valence-electron chi connectivity index (χ0n) is 16.2. The van der Waals surface area contributed by atoms with Gasteiger partial charge in [-0.15, -0.1) is 0 Å². The summed E-state index contributed by atoms with van der Waals surface area (Å²) in [6.45, 7) is 8.47. The quantitative estimate of drug-likeness (QED) is 0.452. The molecule has 148 valence electrons. The van der Waals surface area contributed by atoms with E-state index >= 15 is 0 Å². The van der Waals surface area contributed by atoms with E-state index < -0.39 is 22.6 Å². The predicted molar refractivity (Wildman–Crippen MR) is 99.1 cm³/mol. The Labute approximate surface area is 158 Å². The van der Waals surface area contributed by atoms with Gasteiger partial charge in [-0.05, 0) is 39.8 Å². The van der Waals surface area contributed by atoms with Gasteiger partial charge in [0.1, 0.15) is 11.3 Å². The topological polar surface area (TPSA) is 102 Å². The first-order chi connectivity index (χ1) is 12.5. The number of anilines is 1. The van der Waals surface area contributed by atoms with E-state index in [-0.39, 0.29) is 17.3 Å². The van der Waals surface area contributed by atoms with Gasteiger partial charge >= 0.3 is 12.1 Å². The molecule has 1 fully saturated rings. The van der Waals surface area contributed by atoms with Crippen LogP contribution in [0.15, 0.2) is 18.2 Å². The van der Waals surface area contributed by atoms with Gasteiger partial charge in [-0.1, -0.05) is 0 Å². The number of hydrogen-bond acceptors (Lipinski definition) is 7. The molecule has 1 aromatic carbocycles. The first-order valence-corrected chi connectivity index (χ1v) is 8.65. The molecule has 0 saturated carbocycles. The highest BCUT2D eigenvalue weighted by atomic mass is 16.6. The molecule has 2 rings (SSSR count). The Balaban J connectivity index is 2.21. The first kappa shape index (κ1) is 20.5. The molecule has 1 unspecified atom stereocenters. The average Bonchev–Trinajstić information content (AvgIpc) is 2.59. The zero-order valence-corrected chi connectivity index (χ0v) is 16.2. The number of nitrogens with zero attached hydrogens (tertiary/aromatic N) is 3. The summed E-state index contributed by atoms with van der Waals surface area (Å²) < 4.78 is 10.0. The van der Waals surface area contributed by atoms with Crippen molar-refractivity contribution in [1.29, 1.82) is 0 Å². The van der Waals surface area contributed by atoms with E-state index in [9.17, 15) is 19.7 Å². The van der Waals surface area contributed by atoms with Crippen molar-refractivity contribution in [1.82, 2.24) is 4.90 Å². The average molecular weight is 379 g/mol. The number of rotatable bonds is 3. The second-order valence-electron chi connectivity index (χ2n) is 7.42. The van der Waals surface area contributed by atoms with Crippen molar-refractivity contribution < 1.29 is 24.0 Å². The van der Waals surface area contributed by atoms with Gasteiger partial charge in [0.25, 0.3) is 5.69 Å². The number of esters is 1. The Morgan fingerprint density at radius 3 is 2.44 bits per heavy atom. The fourth-order valence-corrected chi connectivity index (χ4v) is 2.97. The number of carbonyl (C=O) groups excluding carboxylic acids is 2. The minimum absolute atomic E-state index is 0.119. The van der Waals surface area contributed by atoms with E-state index in [1.54, 1.807) is 31.7 Å². The maximum Gasteiger partial charge on any atom is 0.410 e. The minimum Gasteiger partial charge on any atom is -0.465 e. The molecule has 1 aliphatic heterocycles. The Hall–Kier alpha value is -2.84. The molecule has 1 aromatic rings. The van der Waals surface area contributed by atoms with Gasteiger partial charge in [-0.25, -0.2) is 9.59 Å². The molecule has 1 saturated heterocycles. The monoisotopic (exact) mass is 379 g/mol. The Kier molecular flexibility index (Phi) is 5.92. The van der Waals surface area contributed by atoms with Crippen LogP contribution in [0.1, 0.15) is 38.1 Å². The smallest absolute Gasteiger partial charge is 0.410 e. The Morgan fingerprint density at radius 2 is 1.93 bits per heavy atom. The first-order valence-electron chi connectivity index (χ1n) is 8.65. The van der Waals surface area contributed by atoms with Gasteiger partial charge in [-0.2, -0.15) is 0 Å². The largest absolute Gasteiger partial charge is 0.465 e. The predicted octanol–water partition coefficient (Wildman–Crippen LogP) is 2.83. The number of amides is 1. The van der Waals surface area contributed by atoms with Crippen LogP contribution in [0.2, 0.25) is 0 Å². The molecule has 0 spiro atoms. The van der Waals surface area contributed by atoms with Gasteiger partial charge in [0, 0.05) is 31.7 Å². The third-order valence-corrected chi connectivity index (χ3v) is 4.18. The molecular formula is C18H25N3O6. The second-order valence-corrected chi connectivity index (χ2v) is 7.42. The lowest BCUT2D eigenvalue weighted by atomic mass is 10.1. The summed E-state index contributed by atoms with van der Waals surface area (Å²) in [6.07, 6.45) is -0.399. The molecule has 1 aliphatic rings. The molecule has 0 N–H and O–H groups in total. The number of nitro groups is 1. The van der Waals surface area contributed by atoms with E-state index in [0.29, 0.717) is 25.3 Å². The van der Waals surface area contributed by atoms with Crippen LogP contribution in [0, 0.1) is 10.1 Å². The summed E-state index contributed by atoms with van der Waals surface area (Å²) in [5.74, 6) is -0.632. The van der Waals surface area contributed by atoms with E-state index in [2.05, 4.69) is 4.74 Å². The van der Waals surface area contributed by atoms with Crippen LogP contribution in [0.4, 0.5) is 16.2 Å². The van der Waals surface area contributed by atoms with Crippen LogP contribution < -0.4 is 4.90 Å². The highest BCUT2D eigenvalue weighted by Gasteiger charge is 2.33. The zero-order chi connectivity index (χ0) is 20.4. The van der Waals surface area contributed by atoms with Crippen LogP contribution in [-0.4, -0.2) is 60.3 Å². The van der Waals surface area contributed by atoms with Gasteiger partial charge in [0.2, 0.25) is 0 Å². The minimum atomic E-state index is -0.632. The van der Waals surface area contributed by atoms with Crippen LogP contribution in [0.3, 0.4) is 0 Å². The fourth-order valence-electron chi connectivity index (χ4n) is 2.97. The summed E-state index contributed by atoms with van der Waals surface area (Å²) in [4.78, 5) is 38.4. The summed E-state index contributed by atoms with van der Waals surface area (Å²) in [5.41, 5.74) is -0.229. The van der Waals surface area contributed by atoms with Crippen LogP contribution in [-0.2, 0) is 9.47 Å². The van der Waals surface area contributed by atoms with Crippen molar-refractivity contribution >= 4 is 23.4 Å². The molecule has 0 radical (unpaired) electrons. The molecule has 0 bridgehead atoms. The number of piperazine rings is 1. The van der Waals surface area contributed by atoms with E-state index in [1.807, 2.05) is 11.8 Å². The van der Waals surface area contributed by atoms with Gasteiger partial charge < -0.3 is 19.3 Å². The SMILES string of the molecule is COC(=O)c1ccc(N2CCN(C(=O)OC(C)(C)C)CC2C)c([N+](=O)[O-])c1. The maximum absolute atomic E-state index is 12.3. The molecule has 9 heteroatoms. The van der Waals surface area contributed by atoms with E-state index in [1.165, 1.54) is 19.2 Å². The summed E-state index contributed by atoms with van der Waals surface area (Å²) in [5, 5.41) is 11.5.